The van der Waals surface area contributed by atoms with Gasteiger partial charge >= 0.3 is 0 Å². The van der Waals surface area contributed by atoms with Gasteiger partial charge in [-0.1, -0.05) is 26.7 Å². The molecule has 0 atom stereocenters. The second-order valence-corrected chi connectivity index (χ2v) is 3.58. The van der Waals surface area contributed by atoms with Gasteiger partial charge < -0.3 is 9.47 Å². The van der Waals surface area contributed by atoms with Crippen LogP contribution in [-0.4, -0.2) is 25.4 Å². The first-order chi connectivity index (χ1) is 5.83. The molecule has 0 saturated carbocycles. The first kappa shape index (κ1) is 10.0. The van der Waals surface area contributed by atoms with E-state index in [1.807, 2.05) is 0 Å². The topological polar surface area (TPSA) is 18.5 Å². The molecule has 1 aliphatic rings. The van der Waals surface area contributed by atoms with Crippen LogP contribution in [0.5, 0.6) is 0 Å². The maximum absolute atomic E-state index is 5.82. The largest absolute Gasteiger partial charge is 0.376 e. The van der Waals surface area contributed by atoms with Gasteiger partial charge in [0.25, 0.3) is 0 Å². The Morgan fingerprint density at radius 3 is 2.17 bits per heavy atom. The molecular weight excluding hydrogens is 152 g/mol. The molecule has 0 unspecified atom stereocenters. The summed E-state index contributed by atoms with van der Waals surface area (Å²) in [7, 11) is 0. The summed E-state index contributed by atoms with van der Waals surface area (Å²) >= 11 is 0. The zero-order valence-electron chi connectivity index (χ0n) is 8.27. The number of hydrogen-bond acceptors (Lipinski definition) is 2. The summed E-state index contributed by atoms with van der Waals surface area (Å²) in [6, 6.07) is 0. The Bertz CT molecular complexity index is 101. The van der Waals surface area contributed by atoms with Gasteiger partial charge in [-0.3, -0.25) is 0 Å². The Morgan fingerprint density at radius 2 is 1.75 bits per heavy atom. The van der Waals surface area contributed by atoms with Gasteiger partial charge in [0.15, 0.2) is 0 Å². The lowest BCUT2D eigenvalue weighted by Crippen LogP contribution is -2.43. The SMILES string of the molecule is CCCC1(CCC)COCCO1. The molecule has 12 heavy (non-hydrogen) atoms. The molecule has 0 N–H and O–H groups in total. The van der Waals surface area contributed by atoms with E-state index < -0.39 is 0 Å². The molecule has 0 aromatic carbocycles. The summed E-state index contributed by atoms with van der Waals surface area (Å²) in [6.45, 7) is 6.76. The van der Waals surface area contributed by atoms with E-state index in [-0.39, 0.29) is 5.60 Å². The minimum absolute atomic E-state index is 0.0573. The standard InChI is InChI=1S/C10H20O2/c1-3-5-10(6-4-2)9-11-7-8-12-10/h3-9H2,1-2H3. The minimum Gasteiger partial charge on any atom is -0.376 e. The number of ether oxygens (including phenoxy) is 2. The van der Waals surface area contributed by atoms with Crippen molar-refractivity contribution in [1.82, 2.24) is 0 Å². The highest BCUT2D eigenvalue weighted by atomic mass is 16.6. The lowest BCUT2D eigenvalue weighted by molar-refractivity contribution is -0.164. The monoisotopic (exact) mass is 172 g/mol. The third-order valence-electron chi connectivity index (χ3n) is 2.41. The third-order valence-corrected chi connectivity index (χ3v) is 2.41. The van der Waals surface area contributed by atoms with Crippen LogP contribution in [-0.2, 0) is 9.47 Å². The van der Waals surface area contributed by atoms with Crippen molar-refractivity contribution in [3.8, 4) is 0 Å². The summed E-state index contributed by atoms with van der Waals surface area (Å²) in [6.07, 6.45) is 4.65. The lowest BCUT2D eigenvalue weighted by atomic mass is 9.93. The van der Waals surface area contributed by atoms with Crippen LogP contribution in [0.2, 0.25) is 0 Å². The summed E-state index contributed by atoms with van der Waals surface area (Å²) in [5, 5.41) is 0. The van der Waals surface area contributed by atoms with Crippen LogP contribution >= 0.6 is 0 Å². The van der Waals surface area contributed by atoms with Crippen LogP contribution in [0.4, 0.5) is 0 Å². The van der Waals surface area contributed by atoms with Crippen LogP contribution in [0, 0.1) is 0 Å². The molecule has 0 spiro atoms. The first-order valence-electron chi connectivity index (χ1n) is 5.05. The van der Waals surface area contributed by atoms with Gasteiger partial charge in [0.1, 0.15) is 0 Å². The molecule has 0 bridgehead atoms. The number of hydrogen-bond donors (Lipinski definition) is 0. The maximum atomic E-state index is 5.82. The van der Waals surface area contributed by atoms with Crippen molar-refractivity contribution < 1.29 is 9.47 Å². The minimum atomic E-state index is 0.0573. The second-order valence-electron chi connectivity index (χ2n) is 3.58. The molecule has 2 heteroatoms. The van der Waals surface area contributed by atoms with Crippen molar-refractivity contribution in [3.05, 3.63) is 0 Å². The van der Waals surface area contributed by atoms with Crippen molar-refractivity contribution in [2.45, 2.75) is 45.1 Å². The Labute approximate surface area is 75.2 Å². The van der Waals surface area contributed by atoms with Gasteiger partial charge in [-0.15, -0.1) is 0 Å². The summed E-state index contributed by atoms with van der Waals surface area (Å²) < 4.78 is 11.3. The molecule has 0 amide bonds. The average molecular weight is 172 g/mol. The molecular formula is C10H20O2. The van der Waals surface area contributed by atoms with Gasteiger partial charge in [0, 0.05) is 0 Å². The fraction of sp³-hybridized carbons (Fsp3) is 1.00. The van der Waals surface area contributed by atoms with E-state index in [1.165, 1.54) is 12.8 Å². The Hall–Kier alpha value is -0.0800. The third kappa shape index (κ3) is 2.46. The van der Waals surface area contributed by atoms with Crippen LogP contribution in [0.1, 0.15) is 39.5 Å². The average Bonchev–Trinajstić information content (AvgIpc) is 2.07. The predicted octanol–water partition coefficient (Wildman–Crippen LogP) is 2.37. The summed E-state index contributed by atoms with van der Waals surface area (Å²) in [4.78, 5) is 0. The van der Waals surface area contributed by atoms with Crippen LogP contribution in [0.25, 0.3) is 0 Å². The van der Waals surface area contributed by atoms with Gasteiger partial charge in [-0.2, -0.15) is 0 Å². The van der Waals surface area contributed by atoms with Gasteiger partial charge in [0.2, 0.25) is 0 Å². The molecule has 0 aliphatic carbocycles. The first-order valence-corrected chi connectivity index (χ1v) is 5.05. The number of rotatable bonds is 4. The Morgan fingerprint density at radius 1 is 1.08 bits per heavy atom. The molecule has 1 rings (SSSR count). The van der Waals surface area contributed by atoms with Crippen molar-refractivity contribution in [1.29, 1.82) is 0 Å². The van der Waals surface area contributed by atoms with Gasteiger partial charge in [-0.05, 0) is 12.8 Å². The molecule has 0 aromatic heterocycles. The lowest BCUT2D eigenvalue weighted by Gasteiger charge is -2.36. The van der Waals surface area contributed by atoms with E-state index in [2.05, 4.69) is 13.8 Å². The van der Waals surface area contributed by atoms with Crippen LogP contribution in [0.3, 0.4) is 0 Å². The van der Waals surface area contributed by atoms with E-state index >= 15 is 0 Å². The highest BCUT2D eigenvalue weighted by Gasteiger charge is 2.31. The predicted molar refractivity (Wildman–Crippen MR) is 49.3 cm³/mol. The smallest absolute Gasteiger partial charge is 0.0915 e. The second kappa shape index (κ2) is 4.83. The van der Waals surface area contributed by atoms with Crippen LogP contribution < -0.4 is 0 Å². The van der Waals surface area contributed by atoms with E-state index in [9.17, 15) is 0 Å². The van der Waals surface area contributed by atoms with E-state index in [0.29, 0.717) is 0 Å². The van der Waals surface area contributed by atoms with Crippen molar-refractivity contribution in [3.63, 3.8) is 0 Å². The fourth-order valence-corrected chi connectivity index (χ4v) is 1.94. The van der Waals surface area contributed by atoms with Crippen molar-refractivity contribution in [2.24, 2.45) is 0 Å². The molecule has 2 nitrogen and oxygen atoms in total. The molecule has 0 radical (unpaired) electrons. The van der Waals surface area contributed by atoms with E-state index in [4.69, 9.17) is 9.47 Å². The van der Waals surface area contributed by atoms with Crippen molar-refractivity contribution in [2.75, 3.05) is 19.8 Å². The van der Waals surface area contributed by atoms with Gasteiger partial charge in [-0.25, -0.2) is 0 Å². The van der Waals surface area contributed by atoms with E-state index in [1.54, 1.807) is 0 Å². The highest BCUT2D eigenvalue weighted by Crippen LogP contribution is 2.27. The molecule has 72 valence electrons. The molecule has 1 aliphatic heterocycles. The Balaban J connectivity index is 2.44. The molecule has 1 fully saturated rings. The molecule has 0 aromatic rings. The summed E-state index contributed by atoms with van der Waals surface area (Å²) in [5.74, 6) is 0. The van der Waals surface area contributed by atoms with Gasteiger partial charge in [0.05, 0.1) is 25.4 Å². The van der Waals surface area contributed by atoms with Crippen LogP contribution in [0.15, 0.2) is 0 Å². The highest BCUT2D eigenvalue weighted by molar-refractivity contribution is 4.81. The van der Waals surface area contributed by atoms with Crippen molar-refractivity contribution >= 4 is 0 Å². The zero-order valence-corrected chi connectivity index (χ0v) is 8.27. The van der Waals surface area contributed by atoms with E-state index in [0.717, 1.165) is 32.7 Å². The Kier molecular flexibility index (Phi) is 4.02. The fourth-order valence-electron chi connectivity index (χ4n) is 1.94. The zero-order chi connectivity index (χ0) is 8.86. The maximum Gasteiger partial charge on any atom is 0.0915 e. The summed E-state index contributed by atoms with van der Waals surface area (Å²) in [5.41, 5.74) is 0.0573. The molecule has 1 heterocycles. The molecule has 1 saturated heterocycles. The normalized spacial score (nSPS) is 22.5. The quantitative estimate of drug-likeness (QED) is 0.648.